The van der Waals surface area contributed by atoms with E-state index in [0.29, 0.717) is 16.8 Å². The summed E-state index contributed by atoms with van der Waals surface area (Å²) in [4.78, 5) is 4.06. The highest BCUT2D eigenvalue weighted by Crippen LogP contribution is 2.21. The van der Waals surface area contributed by atoms with Crippen molar-refractivity contribution in [1.82, 2.24) is 14.3 Å². The number of imidazole rings is 1. The Kier molecular flexibility index (Phi) is 4.71. The normalized spacial score (nSPS) is 12.0. The van der Waals surface area contributed by atoms with E-state index >= 15 is 0 Å². The molecule has 24 heavy (non-hydrogen) atoms. The topological polar surface area (TPSA) is 64.0 Å². The summed E-state index contributed by atoms with van der Waals surface area (Å²) in [6.45, 7) is 2.60. The molecule has 1 aromatic heterocycles. The second-order valence-corrected chi connectivity index (χ2v) is 7.81. The van der Waals surface area contributed by atoms with Gasteiger partial charge in [0.15, 0.2) is 0 Å². The standard InChI is InChI=1S/C16H15BrFN3O2S/c1-2-21-14-6-4-3-5-13(14)20-16(21)10-19-24(22,23)15-9-11(17)7-8-12(15)18/h3-9,19H,2,10H2,1H3. The Balaban J connectivity index is 1.91. The third-order valence-electron chi connectivity index (χ3n) is 3.65. The van der Waals surface area contributed by atoms with E-state index in [1.165, 1.54) is 12.1 Å². The van der Waals surface area contributed by atoms with Gasteiger partial charge in [-0.05, 0) is 37.3 Å². The lowest BCUT2D eigenvalue weighted by atomic mass is 10.3. The van der Waals surface area contributed by atoms with Crippen molar-refractivity contribution in [3.05, 3.63) is 58.6 Å². The Morgan fingerprint density at radius 2 is 2.00 bits per heavy atom. The summed E-state index contributed by atoms with van der Waals surface area (Å²) in [5.41, 5.74) is 1.73. The monoisotopic (exact) mass is 411 g/mol. The van der Waals surface area contributed by atoms with Crippen LogP contribution in [0, 0.1) is 5.82 Å². The molecule has 8 heteroatoms. The van der Waals surface area contributed by atoms with Crippen molar-refractivity contribution in [2.45, 2.75) is 24.9 Å². The molecule has 0 aliphatic carbocycles. The third-order valence-corrected chi connectivity index (χ3v) is 5.56. The summed E-state index contributed by atoms with van der Waals surface area (Å²) >= 11 is 3.16. The molecule has 2 aromatic carbocycles. The van der Waals surface area contributed by atoms with Crippen molar-refractivity contribution >= 4 is 37.0 Å². The van der Waals surface area contributed by atoms with Gasteiger partial charge in [-0.3, -0.25) is 0 Å². The van der Waals surface area contributed by atoms with Gasteiger partial charge in [-0.15, -0.1) is 0 Å². The van der Waals surface area contributed by atoms with Gasteiger partial charge < -0.3 is 4.57 Å². The molecule has 0 unspecified atom stereocenters. The fourth-order valence-corrected chi connectivity index (χ4v) is 4.13. The van der Waals surface area contributed by atoms with E-state index in [-0.39, 0.29) is 6.54 Å². The van der Waals surface area contributed by atoms with Crippen LogP contribution in [0.2, 0.25) is 0 Å². The highest BCUT2D eigenvalue weighted by Gasteiger charge is 2.20. The molecule has 0 radical (unpaired) electrons. The molecular formula is C16H15BrFN3O2S. The number of sulfonamides is 1. The summed E-state index contributed by atoms with van der Waals surface area (Å²) in [6, 6.07) is 11.4. The summed E-state index contributed by atoms with van der Waals surface area (Å²) in [6.07, 6.45) is 0. The molecule has 0 fully saturated rings. The molecule has 5 nitrogen and oxygen atoms in total. The number of nitrogens with zero attached hydrogens (tertiary/aromatic N) is 2. The van der Waals surface area contributed by atoms with Crippen LogP contribution >= 0.6 is 15.9 Å². The number of halogens is 2. The molecule has 0 amide bonds. The Hall–Kier alpha value is -1.77. The van der Waals surface area contributed by atoms with Gasteiger partial charge in [0, 0.05) is 11.0 Å². The van der Waals surface area contributed by atoms with Gasteiger partial charge in [0.2, 0.25) is 10.0 Å². The highest BCUT2D eigenvalue weighted by atomic mass is 79.9. The zero-order valence-electron chi connectivity index (χ0n) is 12.8. The molecule has 0 spiro atoms. The van der Waals surface area contributed by atoms with Gasteiger partial charge in [0.1, 0.15) is 16.5 Å². The number of benzene rings is 2. The lowest BCUT2D eigenvalue weighted by Crippen LogP contribution is -2.26. The minimum atomic E-state index is -3.98. The maximum atomic E-state index is 13.8. The quantitative estimate of drug-likeness (QED) is 0.699. The van der Waals surface area contributed by atoms with Crippen LogP contribution in [0.25, 0.3) is 11.0 Å². The van der Waals surface area contributed by atoms with Crippen molar-refractivity contribution in [3.63, 3.8) is 0 Å². The van der Waals surface area contributed by atoms with Gasteiger partial charge in [-0.1, -0.05) is 28.1 Å². The lowest BCUT2D eigenvalue weighted by Gasteiger charge is -2.09. The van der Waals surface area contributed by atoms with Crippen LogP contribution in [0.3, 0.4) is 0 Å². The van der Waals surface area contributed by atoms with E-state index in [1.807, 2.05) is 35.8 Å². The Morgan fingerprint density at radius 1 is 1.25 bits per heavy atom. The molecule has 0 aliphatic heterocycles. The van der Waals surface area contributed by atoms with Gasteiger partial charge in [0.25, 0.3) is 0 Å². The number of nitrogens with one attached hydrogen (secondary N) is 1. The molecule has 0 bridgehead atoms. The van der Waals surface area contributed by atoms with Gasteiger partial charge in [0.05, 0.1) is 17.6 Å². The van der Waals surface area contributed by atoms with Gasteiger partial charge >= 0.3 is 0 Å². The predicted octanol–water partition coefficient (Wildman–Crippen LogP) is 3.44. The minimum Gasteiger partial charge on any atom is -0.327 e. The Bertz CT molecular complexity index is 1000. The average molecular weight is 412 g/mol. The molecule has 0 saturated carbocycles. The molecule has 3 aromatic rings. The van der Waals surface area contributed by atoms with Crippen molar-refractivity contribution < 1.29 is 12.8 Å². The number of rotatable bonds is 5. The van der Waals surface area contributed by atoms with E-state index in [0.717, 1.165) is 17.1 Å². The number of aryl methyl sites for hydroxylation is 1. The zero-order chi connectivity index (χ0) is 17.3. The summed E-state index contributed by atoms with van der Waals surface area (Å²) in [5.74, 6) is -0.215. The van der Waals surface area contributed by atoms with Crippen LogP contribution in [-0.4, -0.2) is 18.0 Å². The van der Waals surface area contributed by atoms with Crippen molar-refractivity contribution in [2.24, 2.45) is 0 Å². The molecule has 1 heterocycles. The average Bonchev–Trinajstić information content (AvgIpc) is 2.92. The molecule has 0 atom stereocenters. The molecule has 3 rings (SSSR count). The van der Waals surface area contributed by atoms with Gasteiger partial charge in [-0.2, -0.15) is 0 Å². The van der Waals surface area contributed by atoms with Crippen molar-refractivity contribution in [2.75, 3.05) is 0 Å². The number of hydrogen-bond donors (Lipinski definition) is 1. The molecular weight excluding hydrogens is 397 g/mol. The first-order valence-corrected chi connectivity index (χ1v) is 9.59. The van der Waals surface area contributed by atoms with Crippen LogP contribution in [0.15, 0.2) is 51.8 Å². The van der Waals surface area contributed by atoms with E-state index in [9.17, 15) is 12.8 Å². The minimum absolute atomic E-state index is 0.0171. The molecule has 126 valence electrons. The number of fused-ring (bicyclic) bond motifs is 1. The maximum absolute atomic E-state index is 13.8. The van der Waals surface area contributed by atoms with Crippen molar-refractivity contribution in [1.29, 1.82) is 0 Å². The van der Waals surface area contributed by atoms with Crippen LogP contribution in [-0.2, 0) is 23.1 Å². The zero-order valence-corrected chi connectivity index (χ0v) is 15.2. The van der Waals surface area contributed by atoms with E-state index < -0.39 is 20.7 Å². The first kappa shape index (κ1) is 17.1. The van der Waals surface area contributed by atoms with Crippen molar-refractivity contribution in [3.8, 4) is 0 Å². The molecule has 0 saturated heterocycles. The first-order valence-electron chi connectivity index (χ1n) is 7.31. The van der Waals surface area contributed by atoms with Gasteiger partial charge in [-0.25, -0.2) is 22.5 Å². The predicted molar refractivity (Wildman–Crippen MR) is 93.5 cm³/mol. The Labute approximate surface area is 147 Å². The first-order chi connectivity index (χ1) is 11.4. The largest absolute Gasteiger partial charge is 0.327 e. The second kappa shape index (κ2) is 6.62. The van der Waals surface area contributed by atoms with E-state index in [2.05, 4.69) is 25.6 Å². The smallest absolute Gasteiger partial charge is 0.243 e. The SMILES string of the molecule is CCn1c(CNS(=O)(=O)c2cc(Br)ccc2F)nc2ccccc21. The van der Waals surface area contributed by atoms with E-state index in [1.54, 1.807) is 0 Å². The highest BCUT2D eigenvalue weighted by molar-refractivity contribution is 9.10. The van der Waals surface area contributed by atoms with Crippen LogP contribution in [0.5, 0.6) is 0 Å². The summed E-state index contributed by atoms with van der Waals surface area (Å²) in [7, 11) is -3.98. The molecule has 0 aliphatic rings. The molecule has 1 N–H and O–H groups in total. The van der Waals surface area contributed by atoms with E-state index in [4.69, 9.17) is 0 Å². The van der Waals surface area contributed by atoms with Crippen LogP contribution in [0.4, 0.5) is 4.39 Å². The summed E-state index contributed by atoms with van der Waals surface area (Å²) in [5, 5.41) is 0. The number of para-hydroxylation sites is 2. The maximum Gasteiger partial charge on any atom is 0.243 e. The second-order valence-electron chi connectivity index (χ2n) is 5.16. The fraction of sp³-hybridized carbons (Fsp3) is 0.188. The summed E-state index contributed by atoms with van der Waals surface area (Å²) < 4.78 is 43.5. The third kappa shape index (κ3) is 3.22. The number of hydrogen-bond acceptors (Lipinski definition) is 3. The number of aromatic nitrogens is 2. The van der Waals surface area contributed by atoms with Crippen LogP contribution in [0.1, 0.15) is 12.7 Å². The lowest BCUT2D eigenvalue weighted by molar-refractivity contribution is 0.553. The fourth-order valence-electron chi connectivity index (χ4n) is 2.53. The van der Waals surface area contributed by atoms with Crippen LogP contribution < -0.4 is 4.72 Å². The Morgan fingerprint density at radius 3 is 2.75 bits per heavy atom.